The number of pyridine rings is 4. The number of rotatable bonds is 9. The minimum Gasteiger partial charge on any atom is -0.305 e. The van der Waals surface area contributed by atoms with Gasteiger partial charge in [-0.3, -0.25) is 0 Å². The summed E-state index contributed by atoms with van der Waals surface area (Å²) in [6, 6.07) is 93.6. The third kappa shape index (κ3) is 19.0. The monoisotopic (exact) mass is 1780 g/mol. The van der Waals surface area contributed by atoms with Crippen LogP contribution in [0.1, 0.15) is 36.5 Å². The van der Waals surface area contributed by atoms with Gasteiger partial charge in [-0.1, -0.05) is 170 Å². The van der Waals surface area contributed by atoms with Crippen LogP contribution in [0.3, 0.4) is 0 Å². The summed E-state index contributed by atoms with van der Waals surface area (Å²) in [5.41, 5.74) is 20.7. The zero-order valence-corrected chi connectivity index (χ0v) is 55.1. The van der Waals surface area contributed by atoms with Crippen LogP contribution in [0.2, 0.25) is 0 Å². The molecule has 0 saturated carbocycles. The van der Waals surface area contributed by atoms with E-state index in [1.165, 1.54) is 68.4 Å². The Hall–Kier alpha value is -7.11. The van der Waals surface area contributed by atoms with Gasteiger partial charge in [0.1, 0.15) is 5.82 Å². The maximum atomic E-state index is 13.2. The van der Waals surface area contributed by atoms with Crippen molar-refractivity contribution in [2.45, 2.75) is 33.6 Å². The van der Waals surface area contributed by atoms with E-state index in [9.17, 15) is 4.39 Å². The van der Waals surface area contributed by atoms with Gasteiger partial charge in [0.2, 0.25) is 0 Å². The molecule has 9 heteroatoms. The van der Waals surface area contributed by atoms with E-state index in [2.05, 4.69) is 193 Å². The molecule has 0 aliphatic rings. The Labute approximate surface area is 537 Å². The summed E-state index contributed by atoms with van der Waals surface area (Å²) in [6.45, 7) is 8.61. The molecule has 0 amide bonds. The quantitative estimate of drug-likeness (QED) is 0.135. The molecule has 0 spiro atoms. The Bertz CT molecular complexity index is 3530. The molecule has 0 bridgehead atoms. The van der Waals surface area contributed by atoms with Crippen LogP contribution < -0.4 is 0 Å². The fraction of sp³-hybridized carbons (Fsp3) is 0.0685. The average molecular weight is 1780 g/mol. The number of nitrogens with zero attached hydrogens (tertiary/aromatic N) is 4. The maximum absolute atomic E-state index is 13.2. The molecule has 4 radical (unpaired) electrons. The number of halogens is 1. The van der Waals surface area contributed by atoms with E-state index in [-0.39, 0.29) is 86.2 Å². The molecule has 0 atom stereocenters. The summed E-state index contributed by atoms with van der Waals surface area (Å²) in [5.74, 6) is 0.215. The molecule has 0 saturated heterocycles. The molecule has 416 valence electrons. The van der Waals surface area contributed by atoms with Crippen LogP contribution in [-0.2, 0) is 80.4 Å². The minimum absolute atomic E-state index is 0. The predicted molar refractivity (Wildman–Crippen MR) is 319 cm³/mol. The molecule has 0 aliphatic heterocycles. The van der Waals surface area contributed by atoms with Gasteiger partial charge in [-0.2, -0.15) is 0 Å². The third-order valence-corrected chi connectivity index (χ3v) is 12.7. The van der Waals surface area contributed by atoms with Crippen molar-refractivity contribution in [3.05, 3.63) is 314 Å². The normalized spacial score (nSPS) is 9.98. The van der Waals surface area contributed by atoms with E-state index < -0.39 is 0 Å². The summed E-state index contributed by atoms with van der Waals surface area (Å²) in [5, 5.41) is 0. The van der Waals surface area contributed by atoms with Gasteiger partial charge in [-0.25, -0.2) is 4.39 Å². The van der Waals surface area contributed by atoms with E-state index in [1.807, 2.05) is 128 Å². The molecule has 0 aliphatic carbocycles. The summed E-state index contributed by atoms with van der Waals surface area (Å²) in [7, 11) is 0. The molecule has 4 nitrogen and oxygen atoms in total. The van der Waals surface area contributed by atoms with Crippen LogP contribution >= 0.6 is 0 Å². The standard InChI is InChI=1S/C20H18N.2C18H14N.C17H11FN.4Ir/c1-15(2)17-11-12-21-20(14-17)19-10-6-9-18(13-19)16-7-4-3-5-8-16;2*1-14-6-4-7-15(12-14)16-8-5-9-17(13-16)18-10-2-3-11-19-18;18-16-9-10-19-17(12-16)15-8-4-7-14(11-15)13-5-2-1-3-6-13;;;;/h3-9,11-15H,1-2H3;2*2-8,10-13H,1H3;1-7,9-12H;;;;/q4*-1;;;;. The first-order valence-electron chi connectivity index (χ1n) is 26.0. The number of hydrogen-bond acceptors (Lipinski definition) is 4. The first-order valence-corrected chi connectivity index (χ1v) is 26.0. The van der Waals surface area contributed by atoms with Crippen LogP contribution in [-0.4, -0.2) is 19.9 Å². The van der Waals surface area contributed by atoms with Gasteiger partial charge in [-0.15, -0.1) is 142 Å². The van der Waals surface area contributed by atoms with Crippen molar-refractivity contribution in [1.29, 1.82) is 0 Å². The van der Waals surface area contributed by atoms with E-state index in [1.54, 1.807) is 0 Å². The Morgan fingerprint density at radius 3 is 1.02 bits per heavy atom. The smallest absolute Gasteiger partial charge is 0.117 e. The van der Waals surface area contributed by atoms with Crippen molar-refractivity contribution in [1.82, 2.24) is 19.9 Å². The molecular formula is C73H57FIr4N4-4. The summed E-state index contributed by atoms with van der Waals surface area (Å²) in [4.78, 5) is 17.4. The van der Waals surface area contributed by atoms with Gasteiger partial charge >= 0.3 is 0 Å². The number of hydrogen-bond donors (Lipinski definition) is 0. The van der Waals surface area contributed by atoms with Gasteiger partial charge < -0.3 is 19.9 Å². The van der Waals surface area contributed by atoms with Crippen molar-refractivity contribution < 1.29 is 84.8 Å². The van der Waals surface area contributed by atoms with Crippen LogP contribution in [0.5, 0.6) is 0 Å². The number of benzene rings is 8. The molecule has 0 N–H and O–H groups in total. The zero-order valence-electron chi connectivity index (χ0n) is 45.5. The first-order chi connectivity index (χ1) is 38.2. The van der Waals surface area contributed by atoms with E-state index in [0.29, 0.717) is 11.6 Å². The molecule has 4 heterocycles. The van der Waals surface area contributed by atoms with Crippen molar-refractivity contribution in [3.63, 3.8) is 0 Å². The summed E-state index contributed by atoms with van der Waals surface area (Å²) in [6.07, 6.45) is 6.96. The van der Waals surface area contributed by atoms with Crippen molar-refractivity contribution in [2.75, 3.05) is 0 Å². The van der Waals surface area contributed by atoms with Crippen LogP contribution in [0.15, 0.2) is 267 Å². The predicted octanol–water partition coefficient (Wildman–Crippen LogP) is 18.7. The topological polar surface area (TPSA) is 51.6 Å². The number of aromatic nitrogens is 4. The van der Waals surface area contributed by atoms with Gasteiger partial charge in [0.25, 0.3) is 0 Å². The molecule has 0 fully saturated rings. The molecule has 12 aromatic rings. The Balaban J connectivity index is 0.000000197. The molecule has 0 unspecified atom stereocenters. The summed E-state index contributed by atoms with van der Waals surface area (Å²) >= 11 is 0. The fourth-order valence-corrected chi connectivity index (χ4v) is 8.64. The van der Waals surface area contributed by atoms with Gasteiger partial charge in [0.05, 0.1) is 0 Å². The van der Waals surface area contributed by atoms with Crippen LogP contribution in [0, 0.1) is 43.9 Å². The van der Waals surface area contributed by atoms with Gasteiger partial charge in [-0.05, 0) is 95.1 Å². The maximum Gasteiger partial charge on any atom is 0.117 e. The van der Waals surface area contributed by atoms with Crippen LogP contribution in [0.4, 0.5) is 4.39 Å². The van der Waals surface area contributed by atoms with Gasteiger partial charge in [0.15, 0.2) is 0 Å². The molecule has 12 rings (SSSR count). The second-order valence-electron chi connectivity index (χ2n) is 18.9. The molecule has 8 aromatic carbocycles. The molecule has 82 heavy (non-hydrogen) atoms. The minimum atomic E-state index is -0.288. The Morgan fingerprint density at radius 2 is 0.646 bits per heavy atom. The van der Waals surface area contributed by atoms with Crippen LogP contribution in [0.25, 0.3) is 89.5 Å². The van der Waals surface area contributed by atoms with E-state index in [4.69, 9.17) is 0 Å². The Morgan fingerprint density at radius 1 is 0.305 bits per heavy atom. The Kier molecular flexibility index (Phi) is 27.0. The fourth-order valence-electron chi connectivity index (χ4n) is 8.64. The number of aryl methyl sites for hydroxylation is 2. The summed E-state index contributed by atoms with van der Waals surface area (Å²) < 4.78 is 13.2. The first kappa shape index (κ1) is 65.7. The third-order valence-electron chi connectivity index (χ3n) is 12.7. The second kappa shape index (κ2) is 33.7. The van der Waals surface area contributed by atoms with Crippen molar-refractivity contribution in [2.24, 2.45) is 0 Å². The zero-order chi connectivity index (χ0) is 53.9. The SMILES string of the molecule is CC(C)c1ccnc(-c2[c-]ccc(-c3ccccc3)c2)c1.Cc1cccc(-c2cc[c-]c(-c3ccccn3)c2)c1.Cc1cccc(-c2cc[c-]c(-c3ccccn3)c2)c1.Fc1ccnc(-c2[c-]ccc(-c3ccccc3)c2)c1.[Ir].[Ir].[Ir].[Ir]. The molecule has 4 aromatic heterocycles. The van der Waals surface area contributed by atoms with Crippen molar-refractivity contribution >= 4 is 0 Å². The van der Waals surface area contributed by atoms with Crippen molar-refractivity contribution in [3.8, 4) is 89.5 Å². The molecular weight excluding hydrogens is 1720 g/mol. The van der Waals surface area contributed by atoms with E-state index >= 15 is 0 Å². The second-order valence-corrected chi connectivity index (χ2v) is 18.9. The van der Waals surface area contributed by atoms with E-state index in [0.717, 1.165) is 50.5 Å². The largest absolute Gasteiger partial charge is 0.305 e. The van der Waals surface area contributed by atoms with Gasteiger partial charge in [0, 0.05) is 105 Å². The average Bonchev–Trinajstić information content (AvgIpc) is 3.54.